The van der Waals surface area contributed by atoms with Gasteiger partial charge in [-0.1, -0.05) is 13.8 Å². The molecular weight excluding hydrogens is 278 g/mol. The van der Waals surface area contributed by atoms with Gasteiger partial charge in [-0.2, -0.15) is 5.10 Å². The van der Waals surface area contributed by atoms with Crippen molar-refractivity contribution in [2.24, 2.45) is 7.05 Å². The van der Waals surface area contributed by atoms with Crippen molar-refractivity contribution in [3.63, 3.8) is 0 Å². The van der Waals surface area contributed by atoms with Gasteiger partial charge in [-0.15, -0.1) is 12.4 Å². The Hall–Kier alpha value is -2.08. The van der Waals surface area contributed by atoms with Crippen LogP contribution in [0.2, 0.25) is 0 Å². The van der Waals surface area contributed by atoms with Crippen LogP contribution in [0, 0.1) is 0 Å². The lowest BCUT2D eigenvalue weighted by atomic mass is 10.1. The molecule has 0 saturated heterocycles. The van der Waals surface area contributed by atoms with Crippen LogP contribution in [0.4, 0.5) is 11.4 Å². The van der Waals surface area contributed by atoms with Crippen LogP contribution in [0.15, 0.2) is 24.5 Å². The summed E-state index contributed by atoms with van der Waals surface area (Å²) in [6.45, 7) is 4.05. The number of nitrogen functional groups attached to an aromatic ring is 1. The summed E-state index contributed by atoms with van der Waals surface area (Å²) in [5.41, 5.74) is 7.96. The Morgan fingerprint density at radius 1 is 1.40 bits per heavy atom. The van der Waals surface area contributed by atoms with Gasteiger partial charge in [0.2, 0.25) is 0 Å². The van der Waals surface area contributed by atoms with Crippen molar-refractivity contribution in [2.75, 3.05) is 11.1 Å². The van der Waals surface area contributed by atoms with Gasteiger partial charge < -0.3 is 11.1 Å². The molecule has 2 rings (SSSR count). The highest BCUT2D eigenvalue weighted by Gasteiger charge is 2.15. The van der Waals surface area contributed by atoms with E-state index in [-0.39, 0.29) is 24.2 Å². The number of anilines is 2. The van der Waals surface area contributed by atoms with E-state index in [0.29, 0.717) is 17.1 Å². The number of pyridine rings is 1. The van der Waals surface area contributed by atoms with Crippen LogP contribution in [0.3, 0.4) is 0 Å². The van der Waals surface area contributed by atoms with E-state index in [0.717, 1.165) is 5.69 Å². The average molecular weight is 296 g/mol. The zero-order valence-corrected chi connectivity index (χ0v) is 12.4. The number of nitrogens with one attached hydrogen (secondary N) is 1. The number of nitrogens with zero attached hydrogens (tertiary/aromatic N) is 3. The number of hydrogen-bond donors (Lipinski definition) is 2. The molecule has 0 bridgehead atoms. The van der Waals surface area contributed by atoms with Gasteiger partial charge in [0.25, 0.3) is 5.91 Å². The molecule has 0 unspecified atom stereocenters. The number of hydrogen-bond acceptors (Lipinski definition) is 4. The molecule has 0 radical (unpaired) electrons. The third-order valence-electron chi connectivity index (χ3n) is 2.67. The number of aromatic nitrogens is 3. The van der Waals surface area contributed by atoms with Crippen LogP contribution in [-0.4, -0.2) is 20.7 Å². The molecule has 0 fully saturated rings. The Balaban J connectivity index is 0.00000200. The number of halogens is 1. The Morgan fingerprint density at radius 3 is 2.65 bits per heavy atom. The summed E-state index contributed by atoms with van der Waals surface area (Å²) in [5, 5.41) is 7.16. The molecule has 0 aliphatic rings. The largest absolute Gasteiger partial charge is 0.397 e. The minimum atomic E-state index is -0.269. The number of rotatable bonds is 3. The van der Waals surface area contributed by atoms with Crippen molar-refractivity contribution in [1.29, 1.82) is 0 Å². The van der Waals surface area contributed by atoms with E-state index < -0.39 is 0 Å². The fourth-order valence-electron chi connectivity index (χ4n) is 1.75. The van der Waals surface area contributed by atoms with E-state index in [9.17, 15) is 4.79 Å². The van der Waals surface area contributed by atoms with Gasteiger partial charge in [0, 0.05) is 13.2 Å². The number of carbonyl (C=O) groups excluding carboxylic acids is 1. The van der Waals surface area contributed by atoms with Crippen LogP contribution in [-0.2, 0) is 7.05 Å². The molecule has 1 amide bonds. The molecule has 3 N–H and O–H groups in total. The first-order chi connectivity index (χ1) is 8.97. The molecule has 7 heteroatoms. The topological polar surface area (TPSA) is 85.8 Å². The minimum absolute atomic E-state index is 0. The zero-order chi connectivity index (χ0) is 14.0. The van der Waals surface area contributed by atoms with Crippen LogP contribution in [0.25, 0.3) is 0 Å². The summed E-state index contributed by atoms with van der Waals surface area (Å²) in [5.74, 6) is -0.0363. The van der Waals surface area contributed by atoms with Crippen molar-refractivity contribution in [3.05, 3.63) is 35.9 Å². The lowest BCUT2D eigenvalue weighted by Gasteiger charge is -2.06. The van der Waals surface area contributed by atoms with Gasteiger partial charge in [-0.3, -0.25) is 9.48 Å². The molecule has 0 spiro atoms. The normalized spacial score (nSPS) is 10.2. The number of nitrogens with two attached hydrogens (primary N) is 1. The Bertz CT molecular complexity index is 591. The van der Waals surface area contributed by atoms with Gasteiger partial charge in [0.05, 0.1) is 23.3 Å². The molecule has 6 nitrogen and oxygen atoms in total. The minimum Gasteiger partial charge on any atom is -0.397 e. The monoisotopic (exact) mass is 295 g/mol. The van der Waals surface area contributed by atoms with Crippen molar-refractivity contribution >= 4 is 29.7 Å². The van der Waals surface area contributed by atoms with Crippen molar-refractivity contribution in [2.45, 2.75) is 19.8 Å². The maximum Gasteiger partial charge on any atom is 0.274 e. The zero-order valence-electron chi connectivity index (χ0n) is 11.6. The van der Waals surface area contributed by atoms with Crippen molar-refractivity contribution in [3.8, 4) is 0 Å². The first kappa shape index (κ1) is 16.0. The predicted octanol–water partition coefficient (Wildman–Crippen LogP) is 2.19. The maximum absolute atomic E-state index is 12.1. The summed E-state index contributed by atoms with van der Waals surface area (Å²) in [7, 11) is 1.82. The molecule has 0 saturated carbocycles. The Morgan fingerprint density at radius 2 is 2.10 bits per heavy atom. The van der Waals surface area contributed by atoms with Gasteiger partial charge in [0.1, 0.15) is 5.69 Å². The first-order valence-corrected chi connectivity index (χ1v) is 6.04. The summed E-state index contributed by atoms with van der Waals surface area (Å²) in [6, 6.07) is 3.24. The van der Waals surface area contributed by atoms with Crippen molar-refractivity contribution in [1.82, 2.24) is 14.8 Å². The molecule has 108 valence electrons. The number of carbonyl (C=O) groups is 1. The molecular formula is C13H18ClN5O. The van der Waals surface area contributed by atoms with Crippen LogP contribution >= 0.6 is 12.4 Å². The third-order valence-corrected chi connectivity index (χ3v) is 2.67. The fraction of sp³-hybridized carbons (Fsp3) is 0.308. The highest BCUT2D eigenvalue weighted by molar-refractivity contribution is 6.03. The number of amides is 1. The fourth-order valence-corrected chi connectivity index (χ4v) is 1.75. The van der Waals surface area contributed by atoms with Crippen LogP contribution in [0.5, 0.6) is 0 Å². The van der Waals surface area contributed by atoms with E-state index in [1.807, 2.05) is 20.9 Å². The Kier molecular flexibility index (Phi) is 5.10. The van der Waals surface area contributed by atoms with Crippen molar-refractivity contribution < 1.29 is 4.79 Å². The van der Waals surface area contributed by atoms with Gasteiger partial charge in [-0.25, -0.2) is 4.98 Å². The molecule has 0 aliphatic carbocycles. The summed E-state index contributed by atoms with van der Waals surface area (Å²) >= 11 is 0. The lowest BCUT2D eigenvalue weighted by Crippen LogP contribution is -2.14. The van der Waals surface area contributed by atoms with E-state index in [1.165, 1.54) is 6.20 Å². The van der Waals surface area contributed by atoms with Gasteiger partial charge in [0.15, 0.2) is 0 Å². The summed E-state index contributed by atoms with van der Waals surface area (Å²) in [6.07, 6.45) is 3.24. The standard InChI is InChI=1S/C13H17N5O.ClH/c1-8(2)12-11(7-18(3)17-12)16-13(19)10-5-4-9(14)6-15-10;/h4-8H,14H2,1-3H3,(H,16,19);1H. The van der Waals surface area contributed by atoms with E-state index in [2.05, 4.69) is 15.4 Å². The highest BCUT2D eigenvalue weighted by atomic mass is 35.5. The molecule has 20 heavy (non-hydrogen) atoms. The van der Waals surface area contributed by atoms with E-state index >= 15 is 0 Å². The van der Waals surface area contributed by atoms with Gasteiger partial charge >= 0.3 is 0 Å². The second-order valence-corrected chi connectivity index (χ2v) is 4.69. The molecule has 0 atom stereocenters. The molecule has 0 aromatic carbocycles. The van der Waals surface area contributed by atoms with Crippen LogP contribution in [0.1, 0.15) is 35.9 Å². The number of aryl methyl sites for hydroxylation is 1. The molecule has 2 aromatic heterocycles. The first-order valence-electron chi connectivity index (χ1n) is 6.04. The van der Waals surface area contributed by atoms with E-state index in [1.54, 1.807) is 23.0 Å². The summed E-state index contributed by atoms with van der Waals surface area (Å²) < 4.78 is 1.68. The van der Waals surface area contributed by atoms with Gasteiger partial charge in [-0.05, 0) is 18.1 Å². The molecule has 2 heterocycles. The predicted molar refractivity (Wildman–Crippen MR) is 81.1 cm³/mol. The molecule has 2 aromatic rings. The SMILES string of the molecule is CC(C)c1nn(C)cc1NC(=O)c1ccc(N)cn1.Cl. The van der Waals surface area contributed by atoms with Crippen LogP contribution < -0.4 is 11.1 Å². The third kappa shape index (κ3) is 3.48. The second-order valence-electron chi connectivity index (χ2n) is 4.69. The quantitative estimate of drug-likeness (QED) is 0.909. The van der Waals surface area contributed by atoms with E-state index in [4.69, 9.17) is 5.73 Å². The summed E-state index contributed by atoms with van der Waals surface area (Å²) in [4.78, 5) is 16.0. The average Bonchev–Trinajstić information content (AvgIpc) is 2.71. The second kappa shape index (κ2) is 6.38. The Labute approximate surface area is 123 Å². The molecule has 0 aliphatic heterocycles. The maximum atomic E-state index is 12.1. The lowest BCUT2D eigenvalue weighted by molar-refractivity contribution is 0.102. The highest BCUT2D eigenvalue weighted by Crippen LogP contribution is 2.22. The smallest absolute Gasteiger partial charge is 0.274 e.